The fraction of sp³-hybridized carbons (Fsp3) is 0.167. The Hall–Kier alpha value is -3.35. The molecule has 0 saturated carbocycles. The smallest absolute Gasteiger partial charge is 0.269 e. The van der Waals surface area contributed by atoms with Gasteiger partial charge in [-0.05, 0) is 42.5 Å². The van der Waals surface area contributed by atoms with Crippen molar-refractivity contribution in [2.45, 2.75) is 0 Å². The number of ether oxygens (including phenoxy) is 2. The molecule has 7 nitrogen and oxygen atoms in total. The highest BCUT2D eigenvalue weighted by Crippen LogP contribution is 2.17. The van der Waals surface area contributed by atoms with E-state index >= 15 is 0 Å². The van der Waals surface area contributed by atoms with E-state index in [1.165, 1.54) is 0 Å². The maximum absolute atomic E-state index is 12.1. The molecule has 0 atom stereocenters. The first-order valence-corrected chi connectivity index (χ1v) is 7.77. The minimum atomic E-state index is -0.230. The van der Waals surface area contributed by atoms with E-state index in [-0.39, 0.29) is 5.91 Å². The van der Waals surface area contributed by atoms with Crippen LogP contribution in [-0.4, -0.2) is 41.3 Å². The molecule has 7 heteroatoms. The van der Waals surface area contributed by atoms with Gasteiger partial charge in [0.25, 0.3) is 5.91 Å². The Bertz CT molecular complexity index is 816. The molecule has 0 radical (unpaired) electrons. The minimum absolute atomic E-state index is 0.230. The largest absolute Gasteiger partial charge is 0.497 e. The van der Waals surface area contributed by atoms with E-state index in [0.29, 0.717) is 24.5 Å². The van der Waals surface area contributed by atoms with Gasteiger partial charge in [0.2, 0.25) is 0 Å². The zero-order valence-electron chi connectivity index (χ0n) is 13.7. The highest BCUT2D eigenvalue weighted by Gasteiger charge is 2.10. The second-order valence-corrected chi connectivity index (χ2v) is 5.18. The first-order valence-electron chi connectivity index (χ1n) is 7.77. The highest BCUT2D eigenvalue weighted by atomic mass is 16.5. The fourth-order valence-corrected chi connectivity index (χ4v) is 2.21. The Morgan fingerprint density at radius 3 is 2.56 bits per heavy atom. The van der Waals surface area contributed by atoms with Crippen molar-refractivity contribution in [3.63, 3.8) is 0 Å². The molecule has 0 fully saturated rings. The number of rotatable bonds is 7. The number of aromatic nitrogens is 3. The predicted molar refractivity (Wildman–Crippen MR) is 92.6 cm³/mol. The van der Waals surface area contributed by atoms with Crippen LogP contribution in [0.1, 0.15) is 10.5 Å². The number of hydrogen-bond donors (Lipinski definition) is 2. The van der Waals surface area contributed by atoms with Gasteiger partial charge in [0.05, 0.1) is 19.3 Å². The van der Waals surface area contributed by atoms with Crippen LogP contribution < -0.4 is 14.8 Å². The van der Waals surface area contributed by atoms with Crippen molar-refractivity contribution in [1.82, 2.24) is 20.5 Å². The first-order chi connectivity index (χ1) is 12.3. The average molecular weight is 338 g/mol. The molecule has 0 bridgehead atoms. The van der Waals surface area contributed by atoms with E-state index in [2.05, 4.69) is 20.5 Å². The van der Waals surface area contributed by atoms with E-state index < -0.39 is 0 Å². The Morgan fingerprint density at radius 2 is 1.84 bits per heavy atom. The molecular formula is C18H18N4O3. The molecule has 2 N–H and O–H groups in total. The van der Waals surface area contributed by atoms with Gasteiger partial charge < -0.3 is 14.8 Å². The van der Waals surface area contributed by atoms with E-state index in [4.69, 9.17) is 9.47 Å². The van der Waals surface area contributed by atoms with Crippen molar-refractivity contribution in [1.29, 1.82) is 0 Å². The van der Waals surface area contributed by atoms with Crippen LogP contribution in [0.2, 0.25) is 0 Å². The lowest BCUT2D eigenvalue weighted by atomic mass is 10.2. The van der Waals surface area contributed by atoms with Crippen LogP contribution in [-0.2, 0) is 0 Å². The molecule has 2 aromatic heterocycles. The summed E-state index contributed by atoms with van der Waals surface area (Å²) < 4.78 is 10.6. The zero-order valence-corrected chi connectivity index (χ0v) is 13.7. The second kappa shape index (κ2) is 7.96. The number of benzene rings is 1. The van der Waals surface area contributed by atoms with E-state index in [9.17, 15) is 4.79 Å². The van der Waals surface area contributed by atoms with Crippen molar-refractivity contribution in [3.05, 3.63) is 60.6 Å². The molecule has 0 unspecified atom stereocenters. The number of carbonyl (C=O) groups excluding carboxylic acids is 1. The maximum atomic E-state index is 12.1. The highest BCUT2D eigenvalue weighted by molar-refractivity contribution is 5.93. The average Bonchev–Trinajstić information content (AvgIpc) is 3.16. The quantitative estimate of drug-likeness (QED) is 0.645. The number of carbonyl (C=O) groups is 1. The summed E-state index contributed by atoms with van der Waals surface area (Å²) in [5.74, 6) is 1.26. The monoisotopic (exact) mass is 338 g/mol. The first kappa shape index (κ1) is 16.5. The third-order valence-electron chi connectivity index (χ3n) is 3.51. The number of hydrogen-bond acceptors (Lipinski definition) is 5. The number of H-pyrrole nitrogens is 1. The minimum Gasteiger partial charge on any atom is -0.497 e. The normalized spacial score (nSPS) is 10.3. The van der Waals surface area contributed by atoms with Crippen LogP contribution in [0.4, 0.5) is 0 Å². The molecule has 2 heterocycles. The number of nitrogens with one attached hydrogen (secondary N) is 2. The van der Waals surface area contributed by atoms with Gasteiger partial charge in [-0.3, -0.25) is 14.9 Å². The van der Waals surface area contributed by atoms with E-state index in [0.717, 1.165) is 17.1 Å². The van der Waals surface area contributed by atoms with E-state index in [1.807, 2.05) is 36.4 Å². The van der Waals surface area contributed by atoms with Gasteiger partial charge in [-0.2, -0.15) is 5.10 Å². The topological polar surface area (TPSA) is 89.1 Å². The van der Waals surface area contributed by atoms with Crippen LogP contribution in [0.25, 0.3) is 11.3 Å². The Morgan fingerprint density at radius 1 is 1.12 bits per heavy atom. The maximum Gasteiger partial charge on any atom is 0.269 e. The molecule has 1 amide bonds. The van der Waals surface area contributed by atoms with Crippen molar-refractivity contribution >= 4 is 5.91 Å². The van der Waals surface area contributed by atoms with Crippen molar-refractivity contribution in [2.24, 2.45) is 0 Å². The number of methoxy groups -OCH3 is 1. The summed E-state index contributed by atoms with van der Waals surface area (Å²) in [6.07, 6.45) is 3.36. The summed E-state index contributed by atoms with van der Waals surface area (Å²) in [6.45, 7) is 0.748. The van der Waals surface area contributed by atoms with Crippen LogP contribution >= 0.6 is 0 Å². The molecular weight excluding hydrogens is 320 g/mol. The van der Waals surface area contributed by atoms with Crippen molar-refractivity contribution < 1.29 is 14.3 Å². The van der Waals surface area contributed by atoms with Gasteiger partial charge in [-0.15, -0.1) is 0 Å². The summed E-state index contributed by atoms with van der Waals surface area (Å²) in [6, 6.07) is 12.6. The number of nitrogens with zero attached hydrogens (tertiary/aromatic N) is 2. The van der Waals surface area contributed by atoms with Crippen LogP contribution in [0.3, 0.4) is 0 Å². The Labute approximate surface area is 145 Å². The predicted octanol–water partition coefficient (Wildman–Crippen LogP) is 2.29. The molecule has 128 valence electrons. The third kappa shape index (κ3) is 4.35. The molecule has 1 aromatic carbocycles. The van der Waals surface area contributed by atoms with Crippen LogP contribution in [0, 0.1) is 0 Å². The van der Waals surface area contributed by atoms with Gasteiger partial charge in [0.1, 0.15) is 23.8 Å². The van der Waals surface area contributed by atoms with Gasteiger partial charge in [-0.25, -0.2) is 0 Å². The Kier molecular flexibility index (Phi) is 5.26. The summed E-state index contributed by atoms with van der Waals surface area (Å²) in [4.78, 5) is 16.1. The summed E-state index contributed by atoms with van der Waals surface area (Å²) >= 11 is 0. The second-order valence-electron chi connectivity index (χ2n) is 5.18. The van der Waals surface area contributed by atoms with Crippen molar-refractivity contribution in [3.8, 4) is 22.8 Å². The van der Waals surface area contributed by atoms with Gasteiger partial charge in [0, 0.05) is 18.0 Å². The lowest BCUT2D eigenvalue weighted by Gasteiger charge is -2.07. The molecule has 0 aliphatic carbocycles. The summed E-state index contributed by atoms with van der Waals surface area (Å²) in [7, 11) is 1.61. The molecule has 25 heavy (non-hydrogen) atoms. The molecule has 0 saturated heterocycles. The molecule has 0 aliphatic rings. The summed E-state index contributed by atoms with van der Waals surface area (Å²) in [5.41, 5.74) is 1.99. The van der Waals surface area contributed by atoms with Crippen LogP contribution in [0.15, 0.2) is 54.9 Å². The third-order valence-corrected chi connectivity index (χ3v) is 3.51. The van der Waals surface area contributed by atoms with Crippen molar-refractivity contribution in [2.75, 3.05) is 20.3 Å². The number of aromatic amines is 1. The lowest BCUT2D eigenvalue weighted by Crippen LogP contribution is -2.28. The molecule has 0 aliphatic heterocycles. The van der Waals surface area contributed by atoms with E-state index in [1.54, 1.807) is 25.6 Å². The molecule has 3 aromatic rings. The molecule has 0 spiro atoms. The number of amides is 1. The SMILES string of the molecule is COc1ccc(OCCNC(=O)c2cc(-c3ccncc3)n[nH]2)cc1. The van der Waals surface area contributed by atoms with Gasteiger partial charge >= 0.3 is 0 Å². The van der Waals surface area contributed by atoms with Gasteiger partial charge in [-0.1, -0.05) is 0 Å². The Balaban J connectivity index is 1.47. The van der Waals surface area contributed by atoms with Gasteiger partial charge in [0.15, 0.2) is 0 Å². The summed E-state index contributed by atoms with van der Waals surface area (Å²) in [5, 5.41) is 9.67. The fourth-order valence-electron chi connectivity index (χ4n) is 2.21. The number of pyridine rings is 1. The lowest BCUT2D eigenvalue weighted by molar-refractivity contribution is 0.0942. The molecule has 3 rings (SSSR count). The van der Waals surface area contributed by atoms with Crippen LogP contribution in [0.5, 0.6) is 11.5 Å². The zero-order chi connectivity index (χ0) is 17.5. The standard InChI is InChI=1S/C18H18N4O3/c1-24-14-2-4-15(5-3-14)25-11-10-20-18(23)17-12-16(21-22-17)13-6-8-19-9-7-13/h2-9,12H,10-11H2,1H3,(H,20,23)(H,21,22).